The van der Waals surface area contributed by atoms with Gasteiger partial charge in [0.15, 0.2) is 5.13 Å². The van der Waals surface area contributed by atoms with Crippen LogP contribution in [0.5, 0.6) is 0 Å². The van der Waals surface area contributed by atoms with Crippen molar-refractivity contribution in [3.8, 4) is 0 Å². The second kappa shape index (κ2) is 4.82. The molecule has 1 aromatic carbocycles. The predicted molar refractivity (Wildman–Crippen MR) is 73.7 cm³/mol. The molecule has 0 amide bonds. The number of benzene rings is 1. The van der Waals surface area contributed by atoms with E-state index in [1.807, 2.05) is 0 Å². The molecule has 0 atom stereocenters. The van der Waals surface area contributed by atoms with Crippen LogP contribution in [0.25, 0.3) is 10.2 Å². The SMILES string of the molecule is CN1CCC(Nc2nc3cc(F)ccc3s2)CC1. The number of halogens is 1. The minimum Gasteiger partial charge on any atom is -0.359 e. The summed E-state index contributed by atoms with van der Waals surface area (Å²) in [6.07, 6.45) is 2.28. The fourth-order valence-corrected chi connectivity index (χ4v) is 3.21. The van der Waals surface area contributed by atoms with E-state index in [-0.39, 0.29) is 5.82 Å². The molecular weight excluding hydrogens is 249 g/mol. The van der Waals surface area contributed by atoms with Crippen molar-refractivity contribution in [3.63, 3.8) is 0 Å². The Bertz CT molecular complexity index is 546. The first-order valence-corrected chi connectivity index (χ1v) is 7.03. The van der Waals surface area contributed by atoms with Gasteiger partial charge in [-0.2, -0.15) is 0 Å². The molecule has 2 heterocycles. The maximum Gasteiger partial charge on any atom is 0.184 e. The number of likely N-dealkylation sites (tertiary alicyclic amines) is 1. The Kier molecular flexibility index (Phi) is 3.18. The van der Waals surface area contributed by atoms with E-state index in [1.54, 1.807) is 17.4 Å². The lowest BCUT2D eigenvalue weighted by atomic mass is 10.1. The van der Waals surface area contributed by atoms with Gasteiger partial charge in [-0.3, -0.25) is 0 Å². The van der Waals surface area contributed by atoms with Crippen LogP contribution in [-0.4, -0.2) is 36.1 Å². The zero-order valence-electron chi connectivity index (χ0n) is 10.3. The maximum atomic E-state index is 13.1. The Morgan fingerprint density at radius 3 is 2.94 bits per heavy atom. The van der Waals surface area contributed by atoms with E-state index in [0.717, 1.165) is 41.3 Å². The van der Waals surface area contributed by atoms with Crippen LogP contribution in [0.1, 0.15) is 12.8 Å². The second-order valence-corrected chi connectivity index (χ2v) is 5.88. The standard InChI is InChI=1S/C13H16FN3S/c1-17-6-4-10(5-7-17)15-13-16-11-8-9(14)2-3-12(11)18-13/h2-3,8,10H,4-7H2,1H3,(H,15,16). The van der Waals surface area contributed by atoms with Gasteiger partial charge in [0.2, 0.25) is 0 Å². The average molecular weight is 265 g/mol. The van der Waals surface area contributed by atoms with Crippen molar-refractivity contribution in [1.82, 2.24) is 9.88 Å². The summed E-state index contributed by atoms with van der Waals surface area (Å²) in [6.45, 7) is 2.24. The van der Waals surface area contributed by atoms with Crippen molar-refractivity contribution in [1.29, 1.82) is 0 Å². The van der Waals surface area contributed by atoms with Crippen LogP contribution < -0.4 is 5.32 Å². The molecule has 0 spiro atoms. The van der Waals surface area contributed by atoms with E-state index < -0.39 is 0 Å². The first kappa shape index (κ1) is 11.9. The molecule has 18 heavy (non-hydrogen) atoms. The van der Waals surface area contributed by atoms with E-state index in [9.17, 15) is 4.39 Å². The third kappa shape index (κ3) is 2.47. The van der Waals surface area contributed by atoms with E-state index in [1.165, 1.54) is 12.1 Å². The third-order valence-electron chi connectivity index (χ3n) is 3.40. The lowest BCUT2D eigenvalue weighted by Gasteiger charge is -2.29. The molecule has 1 saturated heterocycles. The van der Waals surface area contributed by atoms with Gasteiger partial charge in [0.25, 0.3) is 0 Å². The van der Waals surface area contributed by atoms with Crippen molar-refractivity contribution in [2.75, 3.05) is 25.5 Å². The summed E-state index contributed by atoms with van der Waals surface area (Å²) in [4.78, 5) is 6.78. The van der Waals surface area contributed by atoms with Crippen molar-refractivity contribution in [2.24, 2.45) is 0 Å². The Labute approximate surface area is 110 Å². The minimum absolute atomic E-state index is 0.223. The average Bonchev–Trinajstić information content (AvgIpc) is 2.73. The highest BCUT2D eigenvalue weighted by molar-refractivity contribution is 7.22. The first-order valence-electron chi connectivity index (χ1n) is 6.22. The number of nitrogens with zero attached hydrogens (tertiary/aromatic N) is 2. The zero-order chi connectivity index (χ0) is 12.5. The molecule has 5 heteroatoms. The van der Waals surface area contributed by atoms with Crippen LogP contribution in [0.4, 0.5) is 9.52 Å². The summed E-state index contributed by atoms with van der Waals surface area (Å²) in [5.41, 5.74) is 0.746. The molecule has 3 nitrogen and oxygen atoms in total. The Balaban J connectivity index is 1.74. The van der Waals surface area contributed by atoms with Gasteiger partial charge < -0.3 is 10.2 Å². The lowest BCUT2D eigenvalue weighted by Crippen LogP contribution is -2.36. The van der Waals surface area contributed by atoms with Gasteiger partial charge in [0.1, 0.15) is 5.82 Å². The van der Waals surface area contributed by atoms with Gasteiger partial charge in [-0.15, -0.1) is 0 Å². The summed E-state index contributed by atoms with van der Waals surface area (Å²) in [7, 11) is 2.15. The number of rotatable bonds is 2. The predicted octanol–water partition coefficient (Wildman–Crippen LogP) is 2.94. The number of hydrogen-bond donors (Lipinski definition) is 1. The van der Waals surface area contributed by atoms with Crippen LogP contribution >= 0.6 is 11.3 Å². The number of hydrogen-bond acceptors (Lipinski definition) is 4. The highest BCUT2D eigenvalue weighted by atomic mass is 32.1. The van der Waals surface area contributed by atoms with Gasteiger partial charge >= 0.3 is 0 Å². The van der Waals surface area contributed by atoms with Crippen molar-refractivity contribution < 1.29 is 4.39 Å². The van der Waals surface area contributed by atoms with Crippen LogP contribution in [0, 0.1) is 5.82 Å². The quantitative estimate of drug-likeness (QED) is 0.905. The minimum atomic E-state index is -0.223. The molecule has 2 aromatic rings. The molecule has 96 valence electrons. The summed E-state index contributed by atoms with van der Waals surface area (Å²) < 4.78 is 14.1. The molecular formula is C13H16FN3S. The topological polar surface area (TPSA) is 28.2 Å². The van der Waals surface area contributed by atoms with Crippen LogP contribution in [0.2, 0.25) is 0 Å². The fraction of sp³-hybridized carbons (Fsp3) is 0.462. The van der Waals surface area contributed by atoms with E-state index in [4.69, 9.17) is 0 Å². The molecule has 1 aliphatic heterocycles. The highest BCUT2D eigenvalue weighted by Gasteiger charge is 2.17. The first-order chi connectivity index (χ1) is 8.70. The zero-order valence-corrected chi connectivity index (χ0v) is 11.1. The number of fused-ring (bicyclic) bond motifs is 1. The summed E-state index contributed by atoms with van der Waals surface area (Å²) >= 11 is 1.60. The number of aromatic nitrogens is 1. The molecule has 3 rings (SSSR count). The van der Waals surface area contributed by atoms with Gasteiger partial charge in [0, 0.05) is 12.1 Å². The van der Waals surface area contributed by atoms with Crippen molar-refractivity contribution in [2.45, 2.75) is 18.9 Å². The summed E-state index contributed by atoms with van der Waals surface area (Å²) in [6, 6.07) is 5.26. The Morgan fingerprint density at radius 2 is 2.17 bits per heavy atom. The molecule has 1 fully saturated rings. The van der Waals surface area contributed by atoms with Crippen molar-refractivity contribution >= 4 is 26.7 Å². The van der Waals surface area contributed by atoms with Gasteiger partial charge in [-0.1, -0.05) is 11.3 Å². The van der Waals surface area contributed by atoms with E-state index in [2.05, 4.69) is 22.2 Å². The van der Waals surface area contributed by atoms with Gasteiger partial charge in [-0.25, -0.2) is 9.37 Å². The number of thiazole rings is 1. The number of anilines is 1. The monoisotopic (exact) mass is 265 g/mol. The fourth-order valence-electron chi connectivity index (χ4n) is 2.29. The summed E-state index contributed by atoms with van der Waals surface area (Å²) in [5, 5.41) is 4.38. The third-order valence-corrected chi connectivity index (χ3v) is 4.36. The second-order valence-electron chi connectivity index (χ2n) is 4.85. The van der Waals surface area contributed by atoms with Crippen LogP contribution in [0.3, 0.4) is 0 Å². The number of piperidine rings is 1. The van der Waals surface area contributed by atoms with E-state index in [0.29, 0.717) is 6.04 Å². The Morgan fingerprint density at radius 1 is 1.39 bits per heavy atom. The van der Waals surface area contributed by atoms with Gasteiger partial charge in [-0.05, 0) is 45.1 Å². The lowest BCUT2D eigenvalue weighted by molar-refractivity contribution is 0.264. The molecule has 0 radical (unpaired) electrons. The summed E-state index contributed by atoms with van der Waals surface area (Å²) in [5.74, 6) is -0.223. The Hall–Kier alpha value is -1.20. The van der Waals surface area contributed by atoms with Gasteiger partial charge in [0.05, 0.1) is 10.2 Å². The molecule has 1 aromatic heterocycles. The molecule has 0 unspecified atom stereocenters. The molecule has 1 aliphatic rings. The molecule has 0 bridgehead atoms. The van der Waals surface area contributed by atoms with Crippen molar-refractivity contribution in [3.05, 3.63) is 24.0 Å². The maximum absolute atomic E-state index is 13.1. The molecule has 0 aliphatic carbocycles. The van der Waals surface area contributed by atoms with Crippen LogP contribution in [-0.2, 0) is 0 Å². The molecule has 1 N–H and O–H groups in total. The highest BCUT2D eigenvalue weighted by Crippen LogP contribution is 2.27. The smallest absolute Gasteiger partial charge is 0.184 e. The van der Waals surface area contributed by atoms with E-state index >= 15 is 0 Å². The number of nitrogens with one attached hydrogen (secondary N) is 1. The normalized spacial score (nSPS) is 18.3. The largest absolute Gasteiger partial charge is 0.359 e. The molecule has 0 saturated carbocycles. The van der Waals surface area contributed by atoms with Crippen LogP contribution in [0.15, 0.2) is 18.2 Å².